The molecule has 5 nitrogen and oxygen atoms in total. The molecule has 21 heavy (non-hydrogen) atoms. The molecular formula is C15H17N3O2S. The van der Waals surface area contributed by atoms with Gasteiger partial charge in [0, 0.05) is 5.69 Å². The highest BCUT2D eigenvalue weighted by Gasteiger charge is 2.39. The SMILES string of the molecule is CCC1NC(=O)C(CC)N(c2ccc3ncsc3c2)C1=O. The largest absolute Gasteiger partial charge is 0.342 e. The smallest absolute Gasteiger partial charge is 0.250 e. The summed E-state index contributed by atoms with van der Waals surface area (Å²) in [4.78, 5) is 30.8. The number of hydrogen-bond donors (Lipinski definition) is 1. The minimum Gasteiger partial charge on any atom is -0.342 e. The second kappa shape index (κ2) is 5.44. The lowest BCUT2D eigenvalue weighted by molar-refractivity contribution is -0.134. The third kappa shape index (κ3) is 2.29. The molecule has 0 aliphatic carbocycles. The Balaban J connectivity index is 2.06. The van der Waals surface area contributed by atoms with E-state index in [0.29, 0.717) is 12.8 Å². The van der Waals surface area contributed by atoms with Crippen molar-refractivity contribution in [3.05, 3.63) is 23.7 Å². The van der Waals surface area contributed by atoms with E-state index >= 15 is 0 Å². The van der Waals surface area contributed by atoms with Gasteiger partial charge in [-0.25, -0.2) is 4.98 Å². The fourth-order valence-electron chi connectivity index (χ4n) is 2.71. The second-order valence-corrected chi connectivity index (χ2v) is 5.99. The van der Waals surface area contributed by atoms with E-state index in [9.17, 15) is 9.59 Å². The zero-order valence-electron chi connectivity index (χ0n) is 12.0. The number of thiazole rings is 1. The van der Waals surface area contributed by atoms with Crippen molar-refractivity contribution >= 4 is 39.1 Å². The van der Waals surface area contributed by atoms with E-state index in [1.54, 1.807) is 10.4 Å². The number of hydrogen-bond acceptors (Lipinski definition) is 4. The molecule has 1 aliphatic heterocycles. The minimum atomic E-state index is -0.439. The van der Waals surface area contributed by atoms with Gasteiger partial charge in [-0.15, -0.1) is 11.3 Å². The molecule has 3 rings (SSSR count). The van der Waals surface area contributed by atoms with Crippen molar-refractivity contribution in [3.8, 4) is 0 Å². The molecule has 0 spiro atoms. The van der Waals surface area contributed by atoms with Crippen molar-refractivity contribution in [2.24, 2.45) is 0 Å². The summed E-state index contributed by atoms with van der Waals surface area (Å²) in [6, 6.07) is 4.84. The molecule has 2 aromatic rings. The number of piperazine rings is 1. The van der Waals surface area contributed by atoms with Gasteiger partial charge in [0.2, 0.25) is 11.8 Å². The van der Waals surface area contributed by atoms with Gasteiger partial charge >= 0.3 is 0 Å². The Labute approximate surface area is 127 Å². The average Bonchev–Trinajstić information content (AvgIpc) is 2.96. The lowest BCUT2D eigenvalue weighted by Crippen LogP contribution is -2.63. The number of benzene rings is 1. The molecule has 1 saturated heterocycles. The number of amides is 2. The molecule has 1 aromatic heterocycles. The van der Waals surface area contributed by atoms with Gasteiger partial charge in [0.25, 0.3) is 0 Å². The molecule has 110 valence electrons. The molecule has 2 heterocycles. The van der Waals surface area contributed by atoms with Gasteiger partial charge in [0.05, 0.1) is 15.7 Å². The summed E-state index contributed by atoms with van der Waals surface area (Å²) in [5, 5.41) is 2.81. The lowest BCUT2D eigenvalue weighted by Gasteiger charge is -2.38. The molecule has 0 saturated carbocycles. The Morgan fingerprint density at radius 2 is 2.10 bits per heavy atom. The monoisotopic (exact) mass is 303 g/mol. The molecule has 0 radical (unpaired) electrons. The molecule has 0 bridgehead atoms. The summed E-state index contributed by atoms with van der Waals surface area (Å²) in [6.45, 7) is 3.82. The van der Waals surface area contributed by atoms with Crippen LogP contribution in [-0.4, -0.2) is 28.9 Å². The summed E-state index contributed by atoms with van der Waals surface area (Å²) in [7, 11) is 0. The van der Waals surface area contributed by atoms with Crippen LogP contribution >= 0.6 is 11.3 Å². The number of anilines is 1. The third-order valence-electron chi connectivity index (χ3n) is 3.85. The highest BCUT2D eigenvalue weighted by molar-refractivity contribution is 7.16. The van der Waals surface area contributed by atoms with Crippen LogP contribution in [-0.2, 0) is 9.59 Å². The van der Waals surface area contributed by atoms with E-state index < -0.39 is 12.1 Å². The predicted molar refractivity (Wildman–Crippen MR) is 83.4 cm³/mol. The van der Waals surface area contributed by atoms with Crippen molar-refractivity contribution in [2.45, 2.75) is 38.8 Å². The molecular weight excluding hydrogens is 286 g/mol. The number of carbonyl (C=O) groups is 2. The van der Waals surface area contributed by atoms with Gasteiger partial charge in [0.1, 0.15) is 12.1 Å². The van der Waals surface area contributed by atoms with E-state index in [2.05, 4.69) is 10.3 Å². The number of fused-ring (bicyclic) bond motifs is 1. The Morgan fingerprint density at radius 3 is 2.81 bits per heavy atom. The predicted octanol–water partition coefficient (Wildman–Crippen LogP) is 2.32. The van der Waals surface area contributed by atoms with E-state index in [-0.39, 0.29) is 11.8 Å². The second-order valence-electron chi connectivity index (χ2n) is 5.11. The summed E-state index contributed by atoms with van der Waals surface area (Å²) >= 11 is 1.53. The van der Waals surface area contributed by atoms with E-state index in [4.69, 9.17) is 0 Å². The molecule has 1 aliphatic rings. The van der Waals surface area contributed by atoms with Gasteiger partial charge in [-0.1, -0.05) is 13.8 Å². The first kappa shape index (κ1) is 14.0. The van der Waals surface area contributed by atoms with Crippen molar-refractivity contribution in [2.75, 3.05) is 4.90 Å². The highest BCUT2D eigenvalue weighted by atomic mass is 32.1. The number of nitrogens with one attached hydrogen (secondary N) is 1. The number of rotatable bonds is 3. The fraction of sp³-hybridized carbons (Fsp3) is 0.400. The van der Waals surface area contributed by atoms with Crippen molar-refractivity contribution in [3.63, 3.8) is 0 Å². The fourth-order valence-corrected chi connectivity index (χ4v) is 3.42. The Bertz CT molecular complexity index is 697. The number of nitrogens with zero attached hydrogens (tertiary/aromatic N) is 2. The van der Waals surface area contributed by atoms with Crippen LogP contribution in [0.15, 0.2) is 23.7 Å². The summed E-state index contributed by atoms with van der Waals surface area (Å²) in [6.07, 6.45) is 1.19. The summed E-state index contributed by atoms with van der Waals surface area (Å²) in [5.74, 6) is -0.110. The summed E-state index contributed by atoms with van der Waals surface area (Å²) in [5.41, 5.74) is 3.47. The topological polar surface area (TPSA) is 62.3 Å². The van der Waals surface area contributed by atoms with Gasteiger partial charge in [-0.2, -0.15) is 0 Å². The molecule has 1 aromatic carbocycles. The first-order chi connectivity index (χ1) is 10.2. The quantitative estimate of drug-likeness (QED) is 0.946. The van der Waals surface area contributed by atoms with E-state index in [1.165, 1.54) is 11.3 Å². The minimum absolute atomic E-state index is 0.0344. The standard InChI is InChI=1S/C15H17N3O2S/c1-3-10-15(20)18(12(4-2)14(19)17-10)9-5-6-11-13(7-9)21-8-16-11/h5-8,10,12H,3-4H2,1-2H3,(H,17,19). The Kier molecular flexibility index (Phi) is 3.63. The highest BCUT2D eigenvalue weighted by Crippen LogP contribution is 2.28. The lowest BCUT2D eigenvalue weighted by atomic mass is 10.0. The van der Waals surface area contributed by atoms with Crippen molar-refractivity contribution < 1.29 is 9.59 Å². The third-order valence-corrected chi connectivity index (χ3v) is 4.65. The zero-order valence-corrected chi connectivity index (χ0v) is 12.8. The van der Waals surface area contributed by atoms with Crippen molar-refractivity contribution in [1.82, 2.24) is 10.3 Å². The van der Waals surface area contributed by atoms with Gasteiger partial charge < -0.3 is 5.32 Å². The van der Waals surface area contributed by atoms with Crippen molar-refractivity contribution in [1.29, 1.82) is 0 Å². The number of aromatic nitrogens is 1. The average molecular weight is 303 g/mol. The molecule has 1 N–H and O–H groups in total. The normalized spacial score (nSPS) is 22.7. The maximum Gasteiger partial charge on any atom is 0.250 e. The number of carbonyl (C=O) groups excluding carboxylic acids is 2. The maximum absolute atomic E-state index is 12.6. The molecule has 6 heteroatoms. The first-order valence-corrected chi connectivity index (χ1v) is 8.00. The van der Waals surface area contributed by atoms with Crippen LogP contribution in [0.2, 0.25) is 0 Å². The maximum atomic E-state index is 12.6. The molecule has 2 atom stereocenters. The van der Waals surface area contributed by atoms with Crippen LogP contribution in [0.25, 0.3) is 10.2 Å². The van der Waals surface area contributed by atoms with Crippen LogP contribution in [0.3, 0.4) is 0 Å². The van der Waals surface area contributed by atoms with Crippen LogP contribution in [0.1, 0.15) is 26.7 Å². The van der Waals surface area contributed by atoms with Crippen LogP contribution < -0.4 is 10.2 Å². The van der Waals surface area contributed by atoms with Crippen LogP contribution in [0, 0.1) is 0 Å². The Morgan fingerprint density at radius 1 is 1.29 bits per heavy atom. The first-order valence-electron chi connectivity index (χ1n) is 7.12. The van der Waals surface area contributed by atoms with E-state index in [1.807, 2.05) is 32.0 Å². The van der Waals surface area contributed by atoms with Gasteiger partial charge in [-0.05, 0) is 31.0 Å². The molecule has 2 amide bonds. The summed E-state index contributed by atoms with van der Waals surface area (Å²) < 4.78 is 1.02. The molecule has 1 fully saturated rings. The zero-order chi connectivity index (χ0) is 15.0. The van der Waals surface area contributed by atoms with Crippen LogP contribution in [0.5, 0.6) is 0 Å². The molecule has 2 unspecified atom stereocenters. The van der Waals surface area contributed by atoms with E-state index in [0.717, 1.165) is 15.9 Å². The Hall–Kier alpha value is -1.95. The van der Waals surface area contributed by atoms with Gasteiger partial charge in [-0.3, -0.25) is 14.5 Å². The van der Waals surface area contributed by atoms with Crippen LogP contribution in [0.4, 0.5) is 5.69 Å². The van der Waals surface area contributed by atoms with Gasteiger partial charge in [0.15, 0.2) is 0 Å².